The monoisotopic (exact) mass is 172 g/mol. The third-order valence-corrected chi connectivity index (χ3v) is 2.06. The van der Waals surface area contributed by atoms with Crippen LogP contribution in [0.4, 0.5) is 0 Å². The maximum atomic E-state index is 5.12. The number of rotatable bonds is 0. The first kappa shape index (κ1) is 9.96. The molecule has 2 fully saturated rings. The normalized spacial score (nSPS) is 29.2. The first-order chi connectivity index (χ1) is 5.89. The van der Waals surface area contributed by atoms with E-state index in [1.54, 1.807) is 0 Å². The maximum Gasteiger partial charge on any atom is 0.0617 e. The lowest BCUT2D eigenvalue weighted by Crippen LogP contribution is -2.38. The molecule has 0 aromatic rings. The van der Waals surface area contributed by atoms with Crippen molar-refractivity contribution in [3.63, 3.8) is 0 Å². The Morgan fingerprint density at radius 1 is 1.17 bits per heavy atom. The van der Waals surface area contributed by atoms with E-state index in [4.69, 9.17) is 4.74 Å². The van der Waals surface area contributed by atoms with Gasteiger partial charge in [-0.2, -0.15) is 0 Å². The number of ether oxygens (including phenoxy) is 1. The van der Waals surface area contributed by atoms with Crippen LogP contribution in [0.3, 0.4) is 0 Å². The molecule has 0 aliphatic carbocycles. The fourth-order valence-electron chi connectivity index (χ4n) is 1.32. The van der Waals surface area contributed by atoms with Gasteiger partial charge in [0.25, 0.3) is 0 Å². The highest BCUT2D eigenvalue weighted by Crippen LogP contribution is 1.90. The van der Waals surface area contributed by atoms with Gasteiger partial charge in [-0.3, -0.25) is 0 Å². The molecule has 2 aliphatic rings. The summed E-state index contributed by atoms with van der Waals surface area (Å²) in [6.07, 6.45) is 2.78. The van der Waals surface area contributed by atoms with E-state index < -0.39 is 0 Å². The molecule has 12 heavy (non-hydrogen) atoms. The van der Waals surface area contributed by atoms with Crippen molar-refractivity contribution in [2.45, 2.75) is 25.8 Å². The predicted molar refractivity (Wildman–Crippen MR) is 50.4 cm³/mol. The summed E-state index contributed by atoms with van der Waals surface area (Å²) in [5, 5.41) is 6.48. The van der Waals surface area contributed by atoms with Gasteiger partial charge in [0.15, 0.2) is 0 Å². The van der Waals surface area contributed by atoms with Crippen LogP contribution in [-0.4, -0.2) is 38.9 Å². The van der Waals surface area contributed by atoms with Crippen LogP contribution in [0.5, 0.6) is 0 Å². The second kappa shape index (κ2) is 6.40. The lowest BCUT2D eigenvalue weighted by molar-refractivity contribution is 0.0824. The molecule has 0 unspecified atom stereocenters. The van der Waals surface area contributed by atoms with Gasteiger partial charge >= 0.3 is 0 Å². The minimum atomic E-state index is 0.564. The van der Waals surface area contributed by atoms with Crippen molar-refractivity contribution in [1.29, 1.82) is 0 Å². The molecule has 0 aromatic heterocycles. The molecule has 0 radical (unpaired) electrons. The van der Waals surface area contributed by atoms with Gasteiger partial charge in [-0.05, 0) is 32.9 Å². The zero-order chi connectivity index (χ0) is 8.65. The van der Waals surface area contributed by atoms with E-state index in [0.29, 0.717) is 6.04 Å². The summed E-state index contributed by atoms with van der Waals surface area (Å²) < 4.78 is 5.12. The molecule has 0 aromatic carbocycles. The highest BCUT2D eigenvalue weighted by atomic mass is 16.5. The van der Waals surface area contributed by atoms with Gasteiger partial charge in [-0.25, -0.2) is 0 Å². The Kier molecular flexibility index (Phi) is 5.32. The van der Waals surface area contributed by atoms with Crippen LogP contribution in [0.15, 0.2) is 0 Å². The fourth-order valence-corrected chi connectivity index (χ4v) is 1.32. The molecule has 72 valence electrons. The fraction of sp³-hybridized carbons (Fsp3) is 1.00. The Labute approximate surface area is 74.9 Å². The molecule has 0 saturated carbocycles. The summed E-state index contributed by atoms with van der Waals surface area (Å²) >= 11 is 0. The van der Waals surface area contributed by atoms with Gasteiger partial charge in [-0.1, -0.05) is 0 Å². The van der Waals surface area contributed by atoms with Gasteiger partial charge in [0.05, 0.1) is 13.2 Å². The molecule has 2 N–H and O–H groups in total. The van der Waals surface area contributed by atoms with E-state index in [1.165, 1.54) is 25.9 Å². The molecular formula is C9H20N2O. The Bertz CT molecular complexity index is 91.1. The number of nitrogens with one attached hydrogen (secondary N) is 2. The molecule has 2 aliphatic heterocycles. The Balaban J connectivity index is 0.000000127. The Morgan fingerprint density at radius 2 is 1.92 bits per heavy atom. The summed E-state index contributed by atoms with van der Waals surface area (Å²) in [6, 6.07) is 0.564. The smallest absolute Gasteiger partial charge is 0.0617 e. The lowest BCUT2D eigenvalue weighted by atomic mass is 10.3. The third kappa shape index (κ3) is 4.70. The topological polar surface area (TPSA) is 33.3 Å². The average Bonchev–Trinajstić information content (AvgIpc) is 2.62. The highest BCUT2D eigenvalue weighted by molar-refractivity contribution is 4.62. The maximum absolute atomic E-state index is 5.12. The molecule has 0 amide bonds. The largest absolute Gasteiger partial charge is 0.379 e. The van der Waals surface area contributed by atoms with Crippen LogP contribution in [-0.2, 0) is 4.74 Å². The van der Waals surface area contributed by atoms with Crippen molar-refractivity contribution in [3.8, 4) is 0 Å². The van der Waals surface area contributed by atoms with Crippen LogP contribution in [0.2, 0.25) is 0 Å². The van der Waals surface area contributed by atoms with E-state index in [0.717, 1.165) is 19.8 Å². The number of hydrogen-bond donors (Lipinski definition) is 2. The molecule has 1 atom stereocenters. The van der Waals surface area contributed by atoms with Gasteiger partial charge in [0.2, 0.25) is 0 Å². The first-order valence-corrected chi connectivity index (χ1v) is 4.91. The SMILES string of the molecule is C1CCNC1.C[C@H]1COCCN1. The van der Waals surface area contributed by atoms with Crippen molar-refractivity contribution < 1.29 is 4.74 Å². The third-order valence-electron chi connectivity index (χ3n) is 2.06. The van der Waals surface area contributed by atoms with Crippen molar-refractivity contribution in [2.24, 2.45) is 0 Å². The van der Waals surface area contributed by atoms with Gasteiger partial charge < -0.3 is 15.4 Å². The van der Waals surface area contributed by atoms with Crippen molar-refractivity contribution in [2.75, 3.05) is 32.8 Å². The molecule has 2 rings (SSSR count). The van der Waals surface area contributed by atoms with Gasteiger partial charge in [0, 0.05) is 12.6 Å². The van der Waals surface area contributed by atoms with Gasteiger partial charge in [0.1, 0.15) is 0 Å². The first-order valence-electron chi connectivity index (χ1n) is 4.91. The van der Waals surface area contributed by atoms with E-state index in [-0.39, 0.29) is 0 Å². The minimum absolute atomic E-state index is 0.564. The lowest BCUT2D eigenvalue weighted by Gasteiger charge is -2.19. The molecule has 0 bridgehead atoms. The number of morpholine rings is 1. The molecule has 2 saturated heterocycles. The molecule has 0 spiro atoms. The standard InChI is InChI=1S/C5H11NO.C4H9N/c1-5-4-7-3-2-6-5;1-2-4-5-3-1/h5-6H,2-4H2,1H3;5H,1-4H2/t5-;/m0./s1. The second-order valence-corrected chi connectivity index (χ2v) is 3.39. The van der Waals surface area contributed by atoms with Crippen LogP contribution in [0, 0.1) is 0 Å². The van der Waals surface area contributed by atoms with Crippen molar-refractivity contribution in [1.82, 2.24) is 10.6 Å². The van der Waals surface area contributed by atoms with Crippen molar-refractivity contribution in [3.05, 3.63) is 0 Å². The summed E-state index contributed by atoms with van der Waals surface area (Å²) in [5.41, 5.74) is 0. The average molecular weight is 172 g/mol. The minimum Gasteiger partial charge on any atom is -0.379 e. The van der Waals surface area contributed by atoms with E-state index in [1.807, 2.05) is 0 Å². The zero-order valence-electron chi connectivity index (χ0n) is 7.94. The summed E-state index contributed by atoms with van der Waals surface area (Å²) in [5.74, 6) is 0. The molecular weight excluding hydrogens is 152 g/mol. The molecule has 3 heteroatoms. The number of hydrogen-bond acceptors (Lipinski definition) is 3. The summed E-state index contributed by atoms with van der Waals surface area (Å²) in [6.45, 7) is 7.39. The van der Waals surface area contributed by atoms with E-state index in [9.17, 15) is 0 Å². The van der Waals surface area contributed by atoms with Crippen molar-refractivity contribution >= 4 is 0 Å². The van der Waals surface area contributed by atoms with E-state index >= 15 is 0 Å². The zero-order valence-corrected chi connectivity index (χ0v) is 7.94. The quantitative estimate of drug-likeness (QED) is 0.553. The highest BCUT2D eigenvalue weighted by Gasteiger charge is 2.04. The second-order valence-electron chi connectivity index (χ2n) is 3.39. The summed E-state index contributed by atoms with van der Waals surface area (Å²) in [4.78, 5) is 0. The van der Waals surface area contributed by atoms with Gasteiger partial charge in [-0.15, -0.1) is 0 Å². The molecule has 2 heterocycles. The van der Waals surface area contributed by atoms with Crippen LogP contribution >= 0.6 is 0 Å². The van der Waals surface area contributed by atoms with Crippen LogP contribution in [0.1, 0.15) is 19.8 Å². The summed E-state index contributed by atoms with van der Waals surface area (Å²) in [7, 11) is 0. The predicted octanol–water partition coefficient (Wildman–Crippen LogP) is 0.365. The Hall–Kier alpha value is -0.120. The Morgan fingerprint density at radius 3 is 2.17 bits per heavy atom. The van der Waals surface area contributed by atoms with Crippen LogP contribution in [0.25, 0.3) is 0 Å². The molecule has 3 nitrogen and oxygen atoms in total. The van der Waals surface area contributed by atoms with E-state index in [2.05, 4.69) is 17.6 Å². The van der Waals surface area contributed by atoms with Crippen LogP contribution < -0.4 is 10.6 Å².